The summed E-state index contributed by atoms with van der Waals surface area (Å²) >= 11 is 0. The number of rotatable bonds is 5. The molecule has 90 valence electrons. The van der Waals surface area contributed by atoms with E-state index in [1.165, 1.54) is 0 Å². The van der Waals surface area contributed by atoms with Crippen molar-refractivity contribution < 1.29 is 9.26 Å². The molecule has 0 radical (unpaired) electrons. The number of nitrogens with one attached hydrogen (secondary N) is 1. The van der Waals surface area contributed by atoms with Gasteiger partial charge in [-0.1, -0.05) is 19.0 Å². The Morgan fingerprint density at radius 3 is 2.81 bits per heavy atom. The fourth-order valence-electron chi connectivity index (χ4n) is 1.61. The van der Waals surface area contributed by atoms with Crippen LogP contribution in [0.4, 0.5) is 0 Å². The first-order valence-electron chi connectivity index (χ1n) is 5.73. The maximum atomic E-state index is 5.71. The summed E-state index contributed by atoms with van der Waals surface area (Å²) in [6.07, 6.45) is 0.850. The van der Waals surface area contributed by atoms with Gasteiger partial charge in [-0.15, -0.1) is 0 Å². The van der Waals surface area contributed by atoms with Crippen LogP contribution in [0.1, 0.15) is 32.5 Å². The van der Waals surface area contributed by atoms with E-state index in [1.807, 2.05) is 0 Å². The normalized spacial score (nSPS) is 18.8. The Morgan fingerprint density at radius 1 is 1.50 bits per heavy atom. The first-order valence-corrected chi connectivity index (χ1v) is 5.73. The van der Waals surface area contributed by atoms with Crippen LogP contribution < -0.4 is 5.32 Å². The summed E-state index contributed by atoms with van der Waals surface area (Å²) in [5.41, 5.74) is -0.0628. The average Bonchev–Trinajstić information content (AvgIpc) is 2.58. The second-order valence-corrected chi connectivity index (χ2v) is 5.04. The first kappa shape index (κ1) is 11.5. The number of ether oxygens (including phenoxy) is 1. The van der Waals surface area contributed by atoms with Crippen molar-refractivity contribution in [2.24, 2.45) is 5.92 Å². The van der Waals surface area contributed by atoms with Gasteiger partial charge in [0.2, 0.25) is 0 Å². The molecular weight excluding hydrogens is 206 g/mol. The lowest BCUT2D eigenvalue weighted by molar-refractivity contribution is -0.0841. The minimum atomic E-state index is -0.0628. The van der Waals surface area contributed by atoms with Crippen LogP contribution in [0.2, 0.25) is 0 Å². The Morgan fingerprint density at radius 2 is 2.25 bits per heavy atom. The van der Waals surface area contributed by atoms with Gasteiger partial charge in [-0.05, 0) is 12.8 Å². The smallest absolute Gasteiger partial charge is 0.252 e. The van der Waals surface area contributed by atoms with E-state index >= 15 is 0 Å². The van der Waals surface area contributed by atoms with Crippen molar-refractivity contribution in [3.8, 4) is 0 Å². The van der Waals surface area contributed by atoms with Crippen LogP contribution in [-0.2, 0) is 17.8 Å². The number of nitrogens with zero attached hydrogens (tertiary/aromatic N) is 2. The van der Waals surface area contributed by atoms with Gasteiger partial charge < -0.3 is 14.6 Å². The molecule has 5 nitrogen and oxygen atoms in total. The zero-order chi connectivity index (χ0) is 11.6. The van der Waals surface area contributed by atoms with Crippen molar-refractivity contribution in [2.75, 3.05) is 13.1 Å². The molecule has 0 atom stereocenters. The molecule has 1 N–H and O–H groups in total. The molecule has 0 aromatic carbocycles. The van der Waals surface area contributed by atoms with E-state index in [-0.39, 0.29) is 5.60 Å². The van der Waals surface area contributed by atoms with E-state index in [9.17, 15) is 0 Å². The van der Waals surface area contributed by atoms with Gasteiger partial charge in [-0.25, -0.2) is 0 Å². The minimum absolute atomic E-state index is 0.0628. The molecule has 0 saturated carbocycles. The summed E-state index contributed by atoms with van der Waals surface area (Å²) in [7, 11) is 0. The molecule has 2 rings (SSSR count). The second kappa shape index (κ2) is 4.51. The topological polar surface area (TPSA) is 60.2 Å². The van der Waals surface area contributed by atoms with Crippen LogP contribution in [-0.4, -0.2) is 28.8 Å². The quantitative estimate of drug-likeness (QED) is 0.814. The highest BCUT2D eigenvalue weighted by Crippen LogP contribution is 2.17. The standard InChI is InChI=1S/C11H19N3O2/c1-8(2)4-9-13-10(16-14-9)5-15-11(3)6-12-7-11/h8,12H,4-7H2,1-3H3. The molecule has 0 spiro atoms. The Hall–Kier alpha value is -0.940. The molecule has 1 aliphatic heterocycles. The van der Waals surface area contributed by atoms with Crippen LogP contribution in [0, 0.1) is 5.92 Å². The highest BCUT2D eigenvalue weighted by atomic mass is 16.5. The van der Waals surface area contributed by atoms with Gasteiger partial charge in [-0.3, -0.25) is 0 Å². The van der Waals surface area contributed by atoms with E-state index < -0.39 is 0 Å². The van der Waals surface area contributed by atoms with Gasteiger partial charge in [0, 0.05) is 19.5 Å². The Bertz CT molecular complexity index is 345. The van der Waals surface area contributed by atoms with Crippen molar-refractivity contribution >= 4 is 0 Å². The first-order chi connectivity index (χ1) is 7.57. The molecule has 1 aliphatic rings. The van der Waals surface area contributed by atoms with Crippen LogP contribution in [0.25, 0.3) is 0 Å². The summed E-state index contributed by atoms with van der Waals surface area (Å²) in [5.74, 6) is 1.88. The molecule has 0 amide bonds. The lowest BCUT2D eigenvalue weighted by Crippen LogP contribution is -2.58. The molecule has 0 unspecified atom stereocenters. The van der Waals surface area contributed by atoms with Gasteiger partial charge in [0.05, 0.1) is 5.60 Å². The highest BCUT2D eigenvalue weighted by Gasteiger charge is 2.32. The monoisotopic (exact) mass is 225 g/mol. The molecule has 0 aliphatic carbocycles. The van der Waals surface area contributed by atoms with Gasteiger partial charge in [-0.2, -0.15) is 4.98 Å². The number of hydrogen-bond donors (Lipinski definition) is 1. The van der Waals surface area contributed by atoms with E-state index in [2.05, 4.69) is 36.2 Å². The molecule has 1 aromatic rings. The molecule has 2 heterocycles. The summed E-state index contributed by atoms with van der Waals surface area (Å²) in [6, 6.07) is 0. The maximum Gasteiger partial charge on any atom is 0.252 e. The molecule has 0 bridgehead atoms. The second-order valence-electron chi connectivity index (χ2n) is 5.04. The molecule has 5 heteroatoms. The third-order valence-electron chi connectivity index (χ3n) is 2.64. The third kappa shape index (κ3) is 2.80. The van der Waals surface area contributed by atoms with E-state index in [0.717, 1.165) is 25.3 Å². The van der Waals surface area contributed by atoms with E-state index in [0.29, 0.717) is 18.4 Å². The Balaban J connectivity index is 1.83. The van der Waals surface area contributed by atoms with Gasteiger partial charge in [0.1, 0.15) is 6.61 Å². The van der Waals surface area contributed by atoms with E-state index in [1.54, 1.807) is 0 Å². The van der Waals surface area contributed by atoms with Crippen molar-refractivity contribution in [3.05, 3.63) is 11.7 Å². The number of hydrogen-bond acceptors (Lipinski definition) is 5. The molecule has 16 heavy (non-hydrogen) atoms. The SMILES string of the molecule is CC(C)Cc1noc(COC2(C)CNC2)n1. The zero-order valence-corrected chi connectivity index (χ0v) is 10.1. The van der Waals surface area contributed by atoms with Crippen molar-refractivity contribution in [3.63, 3.8) is 0 Å². The fourth-order valence-corrected chi connectivity index (χ4v) is 1.61. The van der Waals surface area contributed by atoms with Crippen molar-refractivity contribution in [2.45, 2.75) is 39.4 Å². The van der Waals surface area contributed by atoms with Crippen molar-refractivity contribution in [1.29, 1.82) is 0 Å². The van der Waals surface area contributed by atoms with Crippen LogP contribution in [0.5, 0.6) is 0 Å². The molecule has 1 saturated heterocycles. The summed E-state index contributed by atoms with van der Waals surface area (Å²) < 4.78 is 10.8. The zero-order valence-electron chi connectivity index (χ0n) is 10.1. The lowest BCUT2D eigenvalue weighted by atomic mass is 10.0. The average molecular weight is 225 g/mol. The molecular formula is C11H19N3O2. The fraction of sp³-hybridized carbons (Fsp3) is 0.818. The van der Waals surface area contributed by atoms with Crippen molar-refractivity contribution in [1.82, 2.24) is 15.5 Å². The Labute approximate surface area is 95.6 Å². The maximum absolute atomic E-state index is 5.71. The van der Waals surface area contributed by atoms with Crippen LogP contribution in [0.3, 0.4) is 0 Å². The molecule has 1 aromatic heterocycles. The summed E-state index contributed by atoms with van der Waals surface area (Å²) in [5, 5.41) is 7.10. The Kier molecular flexibility index (Phi) is 3.25. The highest BCUT2D eigenvalue weighted by molar-refractivity contribution is 4.92. The van der Waals surface area contributed by atoms with E-state index in [4.69, 9.17) is 9.26 Å². The number of aromatic nitrogens is 2. The minimum Gasteiger partial charge on any atom is -0.363 e. The van der Waals surface area contributed by atoms with Gasteiger partial charge >= 0.3 is 0 Å². The summed E-state index contributed by atoms with van der Waals surface area (Å²) in [4.78, 5) is 4.29. The lowest BCUT2D eigenvalue weighted by Gasteiger charge is -2.38. The predicted octanol–water partition coefficient (Wildman–Crippen LogP) is 1.15. The van der Waals surface area contributed by atoms with Gasteiger partial charge in [0.25, 0.3) is 5.89 Å². The van der Waals surface area contributed by atoms with Gasteiger partial charge in [0.15, 0.2) is 5.82 Å². The van der Waals surface area contributed by atoms with Crippen LogP contribution in [0.15, 0.2) is 4.52 Å². The molecule has 1 fully saturated rings. The largest absolute Gasteiger partial charge is 0.363 e. The third-order valence-corrected chi connectivity index (χ3v) is 2.64. The predicted molar refractivity (Wildman–Crippen MR) is 58.9 cm³/mol. The summed E-state index contributed by atoms with van der Waals surface area (Å²) in [6.45, 7) is 8.53. The van der Waals surface area contributed by atoms with Crippen LogP contribution >= 0.6 is 0 Å².